The molecule has 0 saturated carbocycles. The molecule has 3 nitrogen and oxygen atoms in total. The molecule has 0 unspecified atom stereocenters. The van der Waals surface area contributed by atoms with Gasteiger partial charge in [0.05, 0.1) is 6.42 Å². The first-order chi connectivity index (χ1) is 5.59. The zero-order valence-corrected chi connectivity index (χ0v) is 8.13. The van der Waals surface area contributed by atoms with Crippen LogP contribution in [0.1, 0.15) is 11.3 Å². The van der Waals surface area contributed by atoms with Crippen molar-refractivity contribution in [3.8, 4) is 0 Å². The van der Waals surface area contributed by atoms with Crippen LogP contribution in [-0.4, -0.2) is 16.1 Å². The number of halogens is 1. The summed E-state index contributed by atoms with van der Waals surface area (Å²) in [6, 6.07) is 1.80. The Kier molecular flexibility index (Phi) is 2.81. The van der Waals surface area contributed by atoms with Crippen LogP contribution in [0.3, 0.4) is 0 Å². The van der Waals surface area contributed by atoms with Crippen molar-refractivity contribution in [3.63, 3.8) is 0 Å². The van der Waals surface area contributed by atoms with Crippen molar-refractivity contribution in [2.24, 2.45) is 0 Å². The van der Waals surface area contributed by atoms with Crippen LogP contribution in [0.15, 0.2) is 16.7 Å². The third-order valence-electron chi connectivity index (χ3n) is 1.41. The van der Waals surface area contributed by atoms with Gasteiger partial charge < -0.3 is 5.11 Å². The molecular formula is C8H8BrNO2. The number of pyridine rings is 1. The standard InChI is InChI=1S/C8H8BrNO2/c1-5-2-7(9)6(4-10-5)3-8(11)12/h2,4H,3H2,1H3,(H,11,12). The van der Waals surface area contributed by atoms with E-state index in [0.717, 1.165) is 10.2 Å². The van der Waals surface area contributed by atoms with Crippen LogP contribution in [0.25, 0.3) is 0 Å². The lowest BCUT2D eigenvalue weighted by Crippen LogP contribution is -2.01. The van der Waals surface area contributed by atoms with E-state index in [2.05, 4.69) is 20.9 Å². The van der Waals surface area contributed by atoms with Gasteiger partial charge in [0.25, 0.3) is 0 Å². The minimum absolute atomic E-state index is 0.00780. The van der Waals surface area contributed by atoms with E-state index in [0.29, 0.717) is 5.56 Å². The van der Waals surface area contributed by atoms with Crippen LogP contribution >= 0.6 is 15.9 Å². The van der Waals surface area contributed by atoms with Gasteiger partial charge in [0, 0.05) is 16.4 Å². The van der Waals surface area contributed by atoms with Gasteiger partial charge in [0.1, 0.15) is 0 Å². The van der Waals surface area contributed by atoms with Gasteiger partial charge in [-0.2, -0.15) is 0 Å². The number of carboxylic acid groups (broad SMARTS) is 1. The number of hydrogen-bond acceptors (Lipinski definition) is 2. The van der Waals surface area contributed by atoms with Gasteiger partial charge in [-0.1, -0.05) is 15.9 Å². The summed E-state index contributed by atoms with van der Waals surface area (Å²) in [6.07, 6.45) is 1.58. The van der Waals surface area contributed by atoms with Gasteiger partial charge in [-0.25, -0.2) is 0 Å². The van der Waals surface area contributed by atoms with Gasteiger partial charge in [-0.05, 0) is 18.6 Å². The lowest BCUT2D eigenvalue weighted by Gasteiger charge is -2.00. The van der Waals surface area contributed by atoms with Crippen LogP contribution in [0, 0.1) is 6.92 Å². The molecule has 0 spiro atoms. The molecule has 1 rings (SSSR count). The van der Waals surface area contributed by atoms with E-state index in [1.54, 1.807) is 12.3 Å². The number of aliphatic carboxylic acids is 1. The molecular weight excluding hydrogens is 222 g/mol. The van der Waals surface area contributed by atoms with Gasteiger partial charge >= 0.3 is 5.97 Å². The van der Waals surface area contributed by atoms with Crippen LogP contribution in [0.2, 0.25) is 0 Å². The Morgan fingerprint density at radius 2 is 2.42 bits per heavy atom. The maximum Gasteiger partial charge on any atom is 0.307 e. The van der Waals surface area contributed by atoms with Crippen molar-refractivity contribution in [2.45, 2.75) is 13.3 Å². The Labute approximate surface area is 78.6 Å². The minimum atomic E-state index is -0.846. The molecule has 1 heterocycles. The first-order valence-electron chi connectivity index (χ1n) is 3.42. The number of nitrogens with zero attached hydrogens (tertiary/aromatic N) is 1. The monoisotopic (exact) mass is 229 g/mol. The highest BCUT2D eigenvalue weighted by Crippen LogP contribution is 2.16. The van der Waals surface area contributed by atoms with Gasteiger partial charge in [-0.3, -0.25) is 9.78 Å². The molecule has 0 aliphatic rings. The van der Waals surface area contributed by atoms with E-state index in [1.807, 2.05) is 6.92 Å². The Morgan fingerprint density at radius 3 is 2.92 bits per heavy atom. The van der Waals surface area contributed by atoms with Crippen molar-refractivity contribution >= 4 is 21.9 Å². The highest BCUT2D eigenvalue weighted by Gasteiger charge is 2.04. The summed E-state index contributed by atoms with van der Waals surface area (Å²) in [6.45, 7) is 1.86. The third-order valence-corrected chi connectivity index (χ3v) is 2.15. The molecule has 0 aliphatic carbocycles. The molecule has 0 fully saturated rings. The average Bonchev–Trinajstić information content (AvgIpc) is 1.94. The maximum atomic E-state index is 10.4. The van der Waals surface area contributed by atoms with Gasteiger partial charge in [0.15, 0.2) is 0 Å². The predicted molar refractivity (Wildman–Crippen MR) is 48.0 cm³/mol. The summed E-state index contributed by atoms with van der Waals surface area (Å²) >= 11 is 3.27. The Hall–Kier alpha value is -0.900. The summed E-state index contributed by atoms with van der Waals surface area (Å²) < 4.78 is 0.803. The molecule has 12 heavy (non-hydrogen) atoms. The Balaban J connectivity index is 2.93. The first kappa shape index (κ1) is 9.19. The largest absolute Gasteiger partial charge is 0.481 e. The summed E-state index contributed by atoms with van der Waals surface area (Å²) in [4.78, 5) is 14.4. The van der Waals surface area contributed by atoms with Crippen molar-refractivity contribution in [3.05, 3.63) is 28.0 Å². The lowest BCUT2D eigenvalue weighted by atomic mass is 10.2. The number of rotatable bonds is 2. The summed E-state index contributed by atoms with van der Waals surface area (Å²) in [5, 5.41) is 8.51. The number of carboxylic acids is 1. The topological polar surface area (TPSA) is 50.2 Å². The molecule has 1 aromatic rings. The number of hydrogen-bond donors (Lipinski definition) is 1. The molecule has 0 saturated heterocycles. The average molecular weight is 230 g/mol. The van der Waals surface area contributed by atoms with E-state index in [9.17, 15) is 4.79 Å². The van der Waals surface area contributed by atoms with Crippen molar-refractivity contribution < 1.29 is 9.90 Å². The fourth-order valence-electron chi connectivity index (χ4n) is 0.848. The lowest BCUT2D eigenvalue weighted by molar-refractivity contribution is -0.136. The van der Waals surface area contributed by atoms with E-state index >= 15 is 0 Å². The van der Waals surface area contributed by atoms with Crippen molar-refractivity contribution in [1.29, 1.82) is 0 Å². The number of aromatic nitrogens is 1. The quantitative estimate of drug-likeness (QED) is 0.842. The second-order valence-corrected chi connectivity index (χ2v) is 3.34. The maximum absolute atomic E-state index is 10.4. The number of aryl methyl sites for hydroxylation is 1. The van der Waals surface area contributed by atoms with E-state index in [-0.39, 0.29) is 6.42 Å². The highest BCUT2D eigenvalue weighted by atomic mass is 79.9. The molecule has 0 amide bonds. The van der Waals surface area contributed by atoms with E-state index in [1.165, 1.54) is 0 Å². The molecule has 1 aromatic heterocycles. The highest BCUT2D eigenvalue weighted by molar-refractivity contribution is 9.10. The molecule has 0 radical (unpaired) electrons. The molecule has 4 heteroatoms. The Bertz CT molecular complexity index is 312. The van der Waals surface area contributed by atoms with Crippen molar-refractivity contribution in [1.82, 2.24) is 4.98 Å². The van der Waals surface area contributed by atoms with Gasteiger partial charge in [-0.15, -0.1) is 0 Å². The van der Waals surface area contributed by atoms with Gasteiger partial charge in [0.2, 0.25) is 0 Å². The number of carbonyl (C=O) groups is 1. The zero-order chi connectivity index (χ0) is 9.14. The van der Waals surface area contributed by atoms with E-state index in [4.69, 9.17) is 5.11 Å². The fraction of sp³-hybridized carbons (Fsp3) is 0.250. The summed E-state index contributed by atoms with van der Waals surface area (Å²) in [5.41, 5.74) is 1.57. The second-order valence-electron chi connectivity index (χ2n) is 2.49. The zero-order valence-electron chi connectivity index (χ0n) is 6.54. The predicted octanol–water partition coefficient (Wildman–Crippen LogP) is 1.78. The smallest absolute Gasteiger partial charge is 0.307 e. The molecule has 0 bridgehead atoms. The van der Waals surface area contributed by atoms with Crippen LogP contribution in [0.5, 0.6) is 0 Å². The Morgan fingerprint density at radius 1 is 1.75 bits per heavy atom. The molecule has 1 N–H and O–H groups in total. The minimum Gasteiger partial charge on any atom is -0.481 e. The van der Waals surface area contributed by atoms with Crippen LogP contribution in [-0.2, 0) is 11.2 Å². The summed E-state index contributed by atoms with van der Waals surface area (Å²) in [7, 11) is 0. The molecule has 0 atom stereocenters. The van der Waals surface area contributed by atoms with Crippen LogP contribution < -0.4 is 0 Å². The van der Waals surface area contributed by atoms with E-state index < -0.39 is 5.97 Å². The molecule has 64 valence electrons. The second kappa shape index (κ2) is 3.67. The normalized spacial score (nSPS) is 9.83. The fourth-order valence-corrected chi connectivity index (χ4v) is 1.42. The third kappa shape index (κ3) is 2.30. The molecule has 0 aromatic carbocycles. The van der Waals surface area contributed by atoms with Crippen LogP contribution in [0.4, 0.5) is 0 Å². The first-order valence-corrected chi connectivity index (χ1v) is 4.21. The van der Waals surface area contributed by atoms with Crippen molar-refractivity contribution in [2.75, 3.05) is 0 Å². The summed E-state index contributed by atoms with van der Waals surface area (Å²) in [5.74, 6) is -0.846. The molecule has 0 aliphatic heterocycles. The SMILES string of the molecule is Cc1cc(Br)c(CC(=O)O)cn1.